The molecule has 3 unspecified atom stereocenters. The fraction of sp³-hybridized carbons (Fsp3) is 0.900. The minimum absolute atomic E-state index is 0.572. The third kappa shape index (κ3) is 1.21. The molecule has 3 atom stereocenters. The Bertz CT molecular complexity index is 263. The minimum Gasteiger partial charge on any atom is -0.352 e. The van der Waals surface area contributed by atoms with Gasteiger partial charge in [-0.15, -0.1) is 0 Å². The number of guanidine groups is 1. The lowest BCUT2D eigenvalue weighted by atomic mass is 9.91. The molecule has 3 aliphatic heterocycles. The fourth-order valence-electron chi connectivity index (χ4n) is 2.87. The molecule has 4 heteroatoms. The van der Waals surface area contributed by atoms with Gasteiger partial charge in [0.05, 0.1) is 0 Å². The predicted molar refractivity (Wildman–Crippen MR) is 56.4 cm³/mol. The summed E-state index contributed by atoms with van der Waals surface area (Å²) in [6.07, 6.45) is 1.28. The number of nitrogens with one attached hydrogen (secondary N) is 2. The van der Waals surface area contributed by atoms with Crippen molar-refractivity contribution in [2.45, 2.75) is 25.4 Å². The Hall–Kier alpha value is -0.770. The maximum absolute atomic E-state index is 4.62. The molecule has 3 aliphatic rings. The Balaban J connectivity index is 1.84. The number of aliphatic imine (C=N–C) groups is 1. The molecule has 4 nitrogen and oxygen atoms in total. The van der Waals surface area contributed by atoms with Crippen LogP contribution in [0.15, 0.2) is 4.99 Å². The van der Waals surface area contributed by atoms with E-state index in [4.69, 9.17) is 0 Å². The molecule has 0 aromatic heterocycles. The van der Waals surface area contributed by atoms with E-state index in [2.05, 4.69) is 27.4 Å². The van der Waals surface area contributed by atoms with Crippen LogP contribution in [0.3, 0.4) is 0 Å². The van der Waals surface area contributed by atoms with Crippen molar-refractivity contribution in [1.82, 2.24) is 15.5 Å². The highest BCUT2D eigenvalue weighted by molar-refractivity contribution is 5.83. The molecule has 0 amide bonds. The quantitative estimate of drug-likeness (QED) is 0.552. The molecule has 0 radical (unpaired) electrons. The first-order valence-electron chi connectivity index (χ1n) is 5.63. The number of nitrogens with zero attached hydrogens (tertiary/aromatic N) is 2. The molecule has 14 heavy (non-hydrogen) atoms. The molecule has 0 aromatic rings. The number of hydrogen-bond acceptors (Lipinski definition) is 4. The van der Waals surface area contributed by atoms with Crippen LogP contribution in [0.5, 0.6) is 0 Å². The zero-order valence-corrected chi connectivity index (χ0v) is 8.66. The third-order valence-electron chi connectivity index (χ3n) is 3.56. The molecule has 2 fully saturated rings. The van der Waals surface area contributed by atoms with Gasteiger partial charge in [-0.25, -0.2) is 0 Å². The standard InChI is InChI=1S/C10H18N4/c1-7-6-14-9-2-3-11-4-8(9)5-12-10(14)13-7/h7-9,11H,2-6H2,1H3,(H,12,13). The van der Waals surface area contributed by atoms with E-state index >= 15 is 0 Å². The highest BCUT2D eigenvalue weighted by atomic mass is 15.4. The van der Waals surface area contributed by atoms with E-state index in [0.717, 1.165) is 37.6 Å². The second-order valence-corrected chi connectivity index (χ2v) is 4.68. The van der Waals surface area contributed by atoms with E-state index in [1.165, 1.54) is 13.0 Å². The van der Waals surface area contributed by atoms with Gasteiger partial charge in [0, 0.05) is 37.6 Å². The summed E-state index contributed by atoms with van der Waals surface area (Å²) in [5.74, 6) is 1.89. The van der Waals surface area contributed by atoms with E-state index in [9.17, 15) is 0 Å². The van der Waals surface area contributed by atoms with Gasteiger partial charge in [-0.2, -0.15) is 0 Å². The van der Waals surface area contributed by atoms with Gasteiger partial charge in [0.2, 0.25) is 0 Å². The van der Waals surface area contributed by atoms with Crippen LogP contribution in [0.4, 0.5) is 0 Å². The summed E-state index contributed by atoms with van der Waals surface area (Å²) in [6, 6.07) is 1.31. The molecule has 3 rings (SSSR count). The number of hydrogen-bond donors (Lipinski definition) is 2. The lowest BCUT2D eigenvalue weighted by Gasteiger charge is -2.41. The Morgan fingerprint density at radius 2 is 2.43 bits per heavy atom. The van der Waals surface area contributed by atoms with Crippen molar-refractivity contribution < 1.29 is 0 Å². The molecule has 0 spiro atoms. The lowest BCUT2D eigenvalue weighted by Crippen LogP contribution is -2.54. The predicted octanol–water partition coefficient (Wildman–Crippen LogP) is -0.372. The van der Waals surface area contributed by atoms with Crippen molar-refractivity contribution in [3.05, 3.63) is 0 Å². The van der Waals surface area contributed by atoms with Crippen molar-refractivity contribution in [1.29, 1.82) is 0 Å². The highest BCUT2D eigenvalue weighted by Gasteiger charge is 2.38. The van der Waals surface area contributed by atoms with E-state index in [1.807, 2.05) is 0 Å². The second-order valence-electron chi connectivity index (χ2n) is 4.68. The van der Waals surface area contributed by atoms with Crippen molar-refractivity contribution in [3.8, 4) is 0 Å². The first-order valence-corrected chi connectivity index (χ1v) is 5.63. The van der Waals surface area contributed by atoms with Gasteiger partial charge < -0.3 is 15.5 Å². The summed E-state index contributed by atoms with van der Waals surface area (Å²) in [7, 11) is 0. The van der Waals surface area contributed by atoms with Crippen LogP contribution in [-0.4, -0.2) is 49.1 Å². The summed E-state index contributed by atoms with van der Waals surface area (Å²) in [5, 5.41) is 6.90. The Kier molecular flexibility index (Phi) is 1.90. The molecule has 0 saturated carbocycles. The molecular formula is C10H18N4. The molecule has 3 heterocycles. The number of rotatable bonds is 0. The summed E-state index contributed by atoms with van der Waals surface area (Å²) in [5.41, 5.74) is 0. The molecule has 0 bridgehead atoms. The maximum Gasteiger partial charge on any atom is 0.194 e. The first kappa shape index (κ1) is 8.53. The van der Waals surface area contributed by atoms with Crippen LogP contribution >= 0.6 is 0 Å². The molecular weight excluding hydrogens is 176 g/mol. The van der Waals surface area contributed by atoms with E-state index in [-0.39, 0.29) is 0 Å². The minimum atomic E-state index is 0.572. The molecule has 0 aromatic carbocycles. The molecule has 0 aliphatic carbocycles. The normalized spacial score (nSPS) is 41.1. The number of fused-ring (bicyclic) bond motifs is 3. The van der Waals surface area contributed by atoms with Crippen molar-refractivity contribution in [2.75, 3.05) is 26.2 Å². The second kappa shape index (κ2) is 3.12. The average Bonchev–Trinajstić information content (AvgIpc) is 2.59. The molecule has 2 N–H and O–H groups in total. The zero-order valence-electron chi connectivity index (χ0n) is 8.66. The van der Waals surface area contributed by atoms with E-state index in [1.54, 1.807) is 0 Å². The Labute approximate surface area is 84.8 Å². The van der Waals surface area contributed by atoms with Gasteiger partial charge in [0.15, 0.2) is 5.96 Å². The van der Waals surface area contributed by atoms with Gasteiger partial charge in [-0.3, -0.25) is 4.99 Å². The zero-order chi connectivity index (χ0) is 9.54. The monoisotopic (exact) mass is 194 g/mol. The summed E-state index contributed by atoms with van der Waals surface area (Å²) in [4.78, 5) is 7.10. The van der Waals surface area contributed by atoms with Crippen LogP contribution < -0.4 is 10.6 Å². The van der Waals surface area contributed by atoms with Gasteiger partial charge in [-0.05, 0) is 19.9 Å². The van der Waals surface area contributed by atoms with Crippen LogP contribution in [0.2, 0.25) is 0 Å². The maximum atomic E-state index is 4.62. The van der Waals surface area contributed by atoms with E-state index < -0.39 is 0 Å². The lowest BCUT2D eigenvalue weighted by molar-refractivity contribution is 0.180. The van der Waals surface area contributed by atoms with Crippen LogP contribution in [0.1, 0.15) is 13.3 Å². The van der Waals surface area contributed by atoms with Crippen LogP contribution in [0.25, 0.3) is 0 Å². The van der Waals surface area contributed by atoms with Crippen molar-refractivity contribution in [2.24, 2.45) is 10.9 Å². The summed E-state index contributed by atoms with van der Waals surface area (Å²) >= 11 is 0. The molecule has 2 saturated heterocycles. The smallest absolute Gasteiger partial charge is 0.194 e. The van der Waals surface area contributed by atoms with Crippen LogP contribution in [-0.2, 0) is 0 Å². The van der Waals surface area contributed by atoms with Gasteiger partial charge in [0.25, 0.3) is 0 Å². The van der Waals surface area contributed by atoms with E-state index in [0.29, 0.717) is 6.04 Å². The Morgan fingerprint density at radius 1 is 1.50 bits per heavy atom. The van der Waals surface area contributed by atoms with Gasteiger partial charge >= 0.3 is 0 Å². The van der Waals surface area contributed by atoms with Crippen molar-refractivity contribution in [3.63, 3.8) is 0 Å². The molecule has 78 valence electrons. The van der Waals surface area contributed by atoms with Gasteiger partial charge in [-0.1, -0.05) is 0 Å². The average molecular weight is 194 g/mol. The first-order chi connectivity index (χ1) is 6.84. The third-order valence-corrected chi connectivity index (χ3v) is 3.56. The topological polar surface area (TPSA) is 39.7 Å². The largest absolute Gasteiger partial charge is 0.352 e. The summed E-state index contributed by atoms with van der Waals surface area (Å²) < 4.78 is 0. The Morgan fingerprint density at radius 3 is 3.36 bits per heavy atom. The van der Waals surface area contributed by atoms with Crippen LogP contribution in [0, 0.1) is 5.92 Å². The highest BCUT2D eigenvalue weighted by Crippen LogP contribution is 2.25. The SMILES string of the molecule is CC1CN2C(=NCC3CNCCC32)N1. The summed E-state index contributed by atoms with van der Waals surface area (Å²) in [6.45, 7) is 6.69. The fourth-order valence-corrected chi connectivity index (χ4v) is 2.87. The van der Waals surface area contributed by atoms with Gasteiger partial charge in [0.1, 0.15) is 0 Å². The van der Waals surface area contributed by atoms with Crippen molar-refractivity contribution >= 4 is 5.96 Å². The number of piperidine rings is 1.